The monoisotopic (exact) mass is 594 g/mol. The number of nitrogens with one attached hydrogen (secondary N) is 1. The standard InChI is InChI=1S/C27H23BrN4O3S2/c28-21-11-7-10-19(15-21)25-20(17-31(30-25)22-12-5-2-6-13-22)16-24-29-27(36)32(37(24)35)23(26(33)34)14-18-8-3-1-4-9-18/h1-13,15-17,23,27,29,36H,14H2,(H,33,34)/b24-16-/t23-,27-,37?/m0/s1. The lowest BCUT2D eigenvalue weighted by molar-refractivity contribution is -0.141. The molecule has 0 radical (unpaired) electrons. The summed E-state index contributed by atoms with van der Waals surface area (Å²) < 4.78 is 17.7. The summed E-state index contributed by atoms with van der Waals surface area (Å²) in [5, 5.41) is 18.3. The number of carboxylic acids is 1. The Kier molecular flexibility index (Phi) is 7.61. The van der Waals surface area contributed by atoms with E-state index in [9.17, 15) is 14.1 Å². The molecule has 2 heterocycles. The number of nitrogens with zero attached hydrogens (tertiary/aromatic N) is 3. The summed E-state index contributed by atoms with van der Waals surface area (Å²) in [6.07, 6.45) is 3.82. The highest BCUT2D eigenvalue weighted by atomic mass is 79.9. The first-order valence-electron chi connectivity index (χ1n) is 11.4. The Morgan fingerprint density at radius 3 is 2.49 bits per heavy atom. The highest BCUT2D eigenvalue weighted by Crippen LogP contribution is 2.31. The van der Waals surface area contributed by atoms with E-state index in [1.54, 1.807) is 10.8 Å². The molecule has 37 heavy (non-hydrogen) atoms. The van der Waals surface area contributed by atoms with E-state index in [2.05, 4.69) is 33.9 Å². The average Bonchev–Trinajstić information content (AvgIpc) is 3.44. The first kappa shape index (κ1) is 25.5. The molecule has 0 saturated carbocycles. The zero-order chi connectivity index (χ0) is 25.9. The van der Waals surface area contributed by atoms with Crippen LogP contribution in [0.15, 0.2) is 101 Å². The summed E-state index contributed by atoms with van der Waals surface area (Å²) in [5.74, 6) is -1.06. The molecule has 0 spiro atoms. The molecule has 188 valence electrons. The summed E-state index contributed by atoms with van der Waals surface area (Å²) in [7, 11) is -1.78. The third kappa shape index (κ3) is 5.57. The number of benzene rings is 3. The van der Waals surface area contributed by atoms with Gasteiger partial charge in [-0.15, -0.1) is 12.6 Å². The zero-order valence-corrected chi connectivity index (χ0v) is 22.7. The van der Waals surface area contributed by atoms with Gasteiger partial charge in [0.1, 0.15) is 33.2 Å². The number of carboxylic acid groups (broad SMARTS) is 1. The SMILES string of the molecule is O=C(O)[C@H](Cc1ccccc1)N1[C@@H](S)N/C(=C/c2cn(-c3ccccc3)nc2-c2cccc(Br)c2)S1=O. The highest BCUT2D eigenvalue weighted by molar-refractivity contribution is 9.10. The van der Waals surface area contributed by atoms with Gasteiger partial charge in [-0.1, -0.05) is 76.6 Å². The van der Waals surface area contributed by atoms with E-state index >= 15 is 0 Å². The summed E-state index contributed by atoms with van der Waals surface area (Å²) in [6.45, 7) is 0. The Balaban J connectivity index is 1.52. The van der Waals surface area contributed by atoms with Gasteiger partial charge in [-0.2, -0.15) is 9.40 Å². The number of hydrogen-bond acceptors (Lipinski definition) is 5. The molecule has 0 bridgehead atoms. The lowest BCUT2D eigenvalue weighted by Gasteiger charge is -2.24. The van der Waals surface area contributed by atoms with E-state index in [0.717, 1.165) is 26.9 Å². The molecule has 0 amide bonds. The van der Waals surface area contributed by atoms with Crippen molar-refractivity contribution in [3.05, 3.63) is 112 Å². The Bertz CT molecular complexity index is 1480. The molecule has 1 fully saturated rings. The summed E-state index contributed by atoms with van der Waals surface area (Å²) >= 11 is 8.06. The van der Waals surface area contributed by atoms with Gasteiger partial charge in [-0.25, -0.2) is 8.89 Å². The normalized spacial score (nSPS) is 19.6. The van der Waals surface area contributed by atoms with Gasteiger partial charge in [0.15, 0.2) is 0 Å². The number of carbonyl (C=O) groups is 1. The lowest BCUT2D eigenvalue weighted by Crippen LogP contribution is -2.45. The highest BCUT2D eigenvalue weighted by Gasteiger charge is 2.41. The Morgan fingerprint density at radius 2 is 1.81 bits per heavy atom. The van der Waals surface area contributed by atoms with Crippen LogP contribution in [0, 0.1) is 0 Å². The molecule has 1 aliphatic heterocycles. The van der Waals surface area contributed by atoms with Crippen LogP contribution >= 0.6 is 28.6 Å². The number of para-hydroxylation sites is 1. The lowest BCUT2D eigenvalue weighted by atomic mass is 10.1. The van der Waals surface area contributed by atoms with E-state index in [0.29, 0.717) is 10.7 Å². The van der Waals surface area contributed by atoms with Gasteiger partial charge in [0.25, 0.3) is 0 Å². The quantitative estimate of drug-likeness (QED) is 0.260. The van der Waals surface area contributed by atoms with Gasteiger partial charge < -0.3 is 10.4 Å². The van der Waals surface area contributed by atoms with Crippen molar-refractivity contribution in [1.29, 1.82) is 0 Å². The minimum atomic E-state index is -1.78. The average molecular weight is 596 g/mol. The van der Waals surface area contributed by atoms with Crippen LogP contribution in [0.2, 0.25) is 0 Å². The molecule has 3 aromatic carbocycles. The van der Waals surface area contributed by atoms with E-state index in [4.69, 9.17) is 5.10 Å². The summed E-state index contributed by atoms with van der Waals surface area (Å²) in [6, 6.07) is 25.8. The maximum Gasteiger partial charge on any atom is 0.322 e. The summed E-state index contributed by atoms with van der Waals surface area (Å²) in [5.41, 5.74) is 3.29. The Morgan fingerprint density at radius 1 is 1.11 bits per heavy atom. The van der Waals surface area contributed by atoms with Crippen LogP contribution in [-0.2, 0) is 22.2 Å². The Hall–Kier alpha value is -3.18. The van der Waals surface area contributed by atoms with Crippen molar-refractivity contribution in [2.24, 2.45) is 0 Å². The largest absolute Gasteiger partial charge is 0.480 e. The number of hydrogen-bond donors (Lipinski definition) is 3. The van der Waals surface area contributed by atoms with Crippen LogP contribution in [0.4, 0.5) is 0 Å². The smallest absolute Gasteiger partial charge is 0.322 e. The number of aliphatic carboxylic acids is 1. The van der Waals surface area contributed by atoms with Gasteiger partial charge in [0, 0.05) is 21.8 Å². The van der Waals surface area contributed by atoms with Crippen molar-refractivity contribution in [2.75, 3.05) is 0 Å². The fraction of sp³-hybridized carbons (Fsp3) is 0.111. The molecule has 3 atom stereocenters. The molecule has 7 nitrogen and oxygen atoms in total. The zero-order valence-electron chi connectivity index (χ0n) is 19.4. The Labute approximate surface area is 231 Å². The first-order chi connectivity index (χ1) is 17.9. The fourth-order valence-corrected chi connectivity index (χ4v) is 6.50. The van der Waals surface area contributed by atoms with Gasteiger partial charge in [0.05, 0.1) is 5.69 Å². The van der Waals surface area contributed by atoms with Crippen LogP contribution in [0.1, 0.15) is 11.1 Å². The van der Waals surface area contributed by atoms with E-state index in [1.807, 2.05) is 91.1 Å². The minimum absolute atomic E-state index is 0.198. The van der Waals surface area contributed by atoms with Crippen molar-refractivity contribution in [3.63, 3.8) is 0 Å². The summed E-state index contributed by atoms with van der Waals surface area (Å²) in [4.78, 5) is 12.2. The van der Waals surface area contributed by atoms with Crippen LogP contribution in [0.25, 0.3) is 23.0 Å². The predicted octanol–water partition coefficient (Wildman–Crippen LogP) is 5.08. The maximum absolute atomic E-state index is 13.6. The van der Waals surface area contributed by atoms with Crippen molar-refractivity contribution >= 4 is 51.6 Å². The van der Waals surface area contributed by atoms with E-state index < -0.39 is 28.5 Å². The van der Waals surface area contributed by atoms with E-state index in [1.165, 1.54) is 4.31 Å². The molecular weight excluding hydrogens is 572 g/mol. The number of thiol groups is 1. The third-order valence-electron chi connectivity index (χ3n) is 5.90. The van der Waals surface area contributed by atoms with Crippen LogP contribution < -0.4 is 5.32 Å². The van der Waals surface area contributed by atoms with Gasteiger partial charge in [-0.05, 0) is 42.3 Å². The van der Waals surface area contributed by atoms with Crippen molar-refractivity contribution in [3.8, 4) is 16.9 Å². The fourth-order valence-electron chi connectivity index (χ4n) is 4.15. The molecule has 0 aliphatic carbocycles. The molecule has 1 unspecified atom stereocenters. The van der Waals surface area contributed by atoms with Crippen LogP contribution in [0.3, 0.4) is 0 Å². The predicted molar refractivity (Wildman–Crippen MR) is 152 cm³/mol. The molecule has 1 aromatic heterocycles. The first-order valence-corrected chi connectivity index (χ1v) is 13.9. The molecule has 4 aromatic rings. The number of rotatable bonds is 7. The second-order valence-corrected chi connectivity index (χ2v) is 11.2. The van der Waals surface area contributed by atoms with Crippen LogP contribution in [-0.4, -0.2) is 40.9 Å². The van der Waals surface area contributed by atoms with Gasteiger partial charge >= 0.3 is 5.97 Å². The van der Waals surface area contributed by atoms with E-state index in [-0.39, 0.29) is 6.42 Å². The molecule has 10 heteroatoms. The third-order valence-corrected chi connectivity index (χ3v) is 8.39. The number of aromatic nitrogens is 2. The van der Waals surface area contributed by atoms with Crippen molar-refractivity contribution in [1.82, 2.24) is 19.4 Å². The second kappa shape index (κ2) is 11.1. The minimum Gasteiger partial charge on any atom is -0.480 e. The van der Waals surface area contributed by atoms with Gasteiger partial charge in [-0.3, -0.25) is 4.79 Å². The molecule has 5 rings (SSSR count). The molecular formula is C27H23BrN4O3S2. The topological polar surface area (TPSA) is 87.5 Å². The molecule has 1 aliphatic rings. The number of halogens is 1. The van der Waals surface area contributed by atoms with Gasteiger partial charge in [0.2, 0.25) is 0 Å². The van der Waals surface area contributed by atoms with Crippen molar-refractivity contribution < 1.29 is 14.1 Å². The molecule has 2 N–H and O–H groups in total. The van der Waals surface area contributed by atoms with Crippen LogP contribution in [0.5, 0.6) is 0 Å². The molecule has 1 saturated heterocycles. The second-order valence-electron chi connectivity index (χ2n) is 8.40. The maximum atomic E-state index is 13.6. The van der Waals surface area contributed by atoms with Crippen molar-refractivity contribution in [2.45, 2.75) is 18.0 Å².